The smallest absolute Gasteiger partial charge is 0.0849 e. The molecule has 1 aliphatic rings. The summed E-state index contributed by atoms with van der Waals surface area (Å²) in [5.74, 6) is 0.889. The first-order chi connectivity index (χ1) is 20.2. The Hall–Kier alpha value is -4.60. The van der Waals surface area contributed by atoms with Gasteiger partial charge in [0.25, 0.3) is 0 Å². The van der Waals surface area contributed by atoms with Crippen molar-refractivity contribution in [2.75, 3.05) is 11.9 Å². The number of nitrogens with zero attached hydrogens (tertiary/aromatic N) is 5. The van der Waals surface area contributed by atoms with Crippen molar-refractivity contribution in [3.63, 3.8) is 0 Å². The molecule has 8 rings (SSSR count). The van der Waals surface area contributed by atoms with E-state index in [9.17, 15) is 0 Å². The van der Waals surface area contributed by atoms with E-state index in [0.717, 1.165) is 61.3 Å². The molecule has 6 heteroatoms. The summed E-state index contributed by atoms with van der Waals surface area (Å²) in [4.78, 5) is 9.30. The quantitative estimate of drug-likeness (QED) is 0.173. The monoisotopic (exact) mass is 723 g/mol. The first kappa shape index (κ1) is 26.3. The van der Waals surface area contributed by atoms with Crippen LogP contribution in [0.5, 0.6) is 0 Å². The van der Waals surface area contributed by atoms with E-state index in [1.54, 1.807) is 0 Å². The Morgan fingerprint density at radius 1 is 0.667 bits per heavy atom. The molecule has 1 aliphatic heterocycles. The molecule has 0 atom stereocenters. The molecule has 0 fully saturated rings. The largest absolute Gasteiger partial charge is 0.510 e. The van der Waals surface area contributed by atoms with Crippen LogP contribution in [0.3, 0.4) is 0 Å². The van der Waals surface area contributed by atoms with Gasteiger partial charge >= 0.3 is 0 Å². The summed E-state index contributed by atoms with van der Waals surface area (Å²) < 4.78 is 4.43. The summed E-state index contributed by atoms with van der Waals surface area (Å²) >= 11 is 0. The predicted octanol–water partition coefficient (Wildman–Crippen LogP) is 7.94. The zero-order chi connectivity index (χ0) is 27.5. The third kappa shape index (κ3) is 4.16. The Balaban J connectivity index is 0.00000288. The maximum atomic E-state index is 5.19. The van der Waals surface area contributed by atoms with E-state index in [1.165, 1.54) is 5.39 Å². The molecule has 5 nitrogen and oxygen atoms in total. The number of imidazole rings is 1. The van der Waals surface area contributed by atoms with Crippen LogP contribution in [-0.4, -0.2) is 26.1 Å². The molecule has 5 aromatic carbocycles. The number of para-hydroxylation sites is 2. The first-order valence-corrected chi connectivity index (χ1v) is 13.7. The summed E-state index contributed by atoms with van der Waals surface area (Å²) in [7, 11) is 4.11. The molecule has 0 unspecified atom stereocenters. The van der Waals surface area contributed by atoms with Gasteiger partial charge in [-0.05, 0) is 48.0 Å². The number of aromatic nitrogens is 3. The van der Waals surface area contributed by atoms with Gasteiger partial charge in [-0.25, -0.2) is 0 Å². The van der Waals surface area contributed by atoms with Crippen molar-refractivity contribution >= 4 is 38.5 Å². The normalized spacial score (nSPS) is 13.0. The molecule has 0 saturated heterocycles. The van der Waals surface area contributed by atoms with Gasteiger partial charge in [-0.2, -0.15) is 12.7 Å². The number of anilines is 1. The number of benzene rings is 5. The minimum Gasteiger partial charge on any atom is -0.510 e. The molecule has 0 bridgehead atoms. The first-order valence-electron chi connectivity index (χ1n) is 13.7. The topological polar surface area (TPSA) is 29.2 Å². The number of hydrogen-bond donors (Lipinski definition) is 0. The second kappa shape index (κ2) is 10.3. The third-order valence-corrected chi connectivity index (χ3v) is 7.87. The SMILES string of the molecule is CN1C=CN(c2[c-]c(-n3c4[c-]c(-c5nc6c(-c7ccccc7)cccc6n5C)ccc4c4ccccc43)ccc2)[CH-]1.[Pt]. The summed E-state index contributed by atoms with van der Waals surface area (Å²) in [6, 6.07) is 43.4. The fourth-order valence-corrected chi connectivity index (χ4v) is 5.90. The van der Waals surface area contributed by atoms with E-state index in [1.807, 2.05) is 37.1 Å². The van der Waals surface area contributed by atoms with Gasteiger partial charge in [-0.15, -0.1) is 47.6 Å². The zero-order valence-electron chi connectivity index (χ0n) is 23.1. The van der Waals surface area contributed by atoms with Crippen LogP contribution >= 0.6 is 0 Å². The van der Waals surface area contributed by atoms with Gasteiger partial charge in [0.15, 0.2) is 0 Å². The average Bonchev–Trinajstić information content (AvgIpc) is 3.71. The number of fused-ring (bicyclic) bond motifs is 4. The van der Waals surface area contributed by atoms with E-state index in [4.69, 9.17) is 4.98 Å². The number of aryl methyl sites for hydroxylation is 1. The van der Waals surface area contributed by atoms with E-state index in [2.05, 4.69) is 130 Å². The molecule has 7 aromatic rings. The van der Waals surface area contributed by atoms with Crippen LogP contribution in [0.2, 0.25) is 0 Å². The molecule has 2 aromatic heterocycles. The van der Waals surface area contributed by atoms with E-state index >= 15 is 0 Å². The van der Waals surface area contributed by atoms with E-state index in [0.29, 0.717) is 0 Å². The van der Waals surface area contributed by atoms with Crippen molar-refractivity contribution in [3.05, 3.63) is 134 Å². The van der Waals surface area contributed by atoms with Crippen LogP contribution in [0.1, 0.15) is 0 Å². The van der Waals surface area contributed by atoms with Crippen molar-refractivity contribution in [1.82, 2.24) is 19.0 Å². The number of hydrogen-bond acceptors (Lipinski definition) is 3. The third-order valence-electron chi connectivity index (χ3n) is 7.87. The Kier molecular flexibility index (Phi) is 6.48. The molecule has 0 amide bonds. The molecule has 0 radical (unpaired) electrons. The van der Waals surface area contributed by atoms with Gasteiger partial charge in [-0.1, -0.05) is 71.7 Å². The maximum Gasteiger partial charge on any atom is 0.0849 e. The van der Waals surface area contributed by atoms with Crippen LogP contribution in [0.4, 0.5) is 5.69 Å². The number of rotatable bonds is 4. The van der Waals surface area contributed by atoms with E-state index in [-0.39, 0.29) is 21.1 Å². The van der Waals surface area contributed by atoms with Crippen molar-refractivity contribution in [1.29, 1.82) is 0 Å². The Labute approximate surface area is 259 Å². The van der Waals surface area contributed by atoms with Crippen LogP contribution in [0.25, 0.3) is 61.0 Å². The standard InChI is InChI=1S/C36H26N5.Pt/c1-38-20-21-40(24-38)27-12-8-13-28(23-27)41-32-16-7-6-14-30(32)31-19-18-26(22-34(31)41)36-37-35-29(25-10-4-3-5-11-25)15-9-17-33(35)39(36)2;/h3-21,24H,1-2H3;/q-3;. The van der Waals surface area contributed by atoms with Crippen LogP contribution < -0.4 is 4.90 Å². The molecule has 0 saturated carbocycles. The van der Waals surface area contributed by atoms with Crippen molar-refractivity contribution in [2.45, 2.75) is 0 Å². The average molecular weight is 724 g/mol. The van der Waals surface area contributed by atoms with Crippen molar-refractivity contribution in [3.8, 4) is 28.2 Å². The minimum absolute atomic E-state index is 0. The maximum absolute atomic E-state index is 5.19. The molecule has 0 aliphatic carbocycles. The van der Waals surface area contributed by atoms with Crippen LogP contribution in [-0.2, 0) is 28.1 Å². The summed E-state index contributed by atoms with van der Waals surface area (Å²) in [5.41, 5.74) is 9.40. The fourth-order valence-electron chi connectivity index (χ4n) is 5.90. The Morgan fingerprint density at radius 2 is 1.43 bits per heavy atom. The second-order valence-corrected chi connectivity index (χ2v) is 10.4. The van der Waals surface area contributed by atoms with Gasteiger partial charge in [0, 0.05) is 39.2 Å². The summed E-state index contributed by atoms with van der Waals surface area (Å²) in [5, 5.41) is 2.34. The zero-order valence-corrected chi connectivity index (χ0v) is 25.4. The Morgan fingerprint density at radius 3 is 2.26 bits per heavy atom. The summed E-state index contributed by atoms with van der Waals surface area (Å²) in [6.45, 7) is 2.04. The molecule has 3 heterocycles. The molecular weight excluding hydrogens is 698 g/mol. The van der Waals surface area contributed by atoms with Gasteiger partial charge in [-0.3, -0.25) is 4.98 Å². The molecule has 0 N–H and O–H groups in total. The van der Waals surface area contributed by atoms with Crippen molar-refractivity contribution < 1.29 is 21.1 Å². The molecule has 208 valence electrons. The van der Waals surface area contributed by atoms with Crippen molar-refractivity contribution in [2.24, 2.45) is 7.05 Å². The summed E-state index contributed by atoms with van der Waals surface area (Å²) in [6.07, 6.45) is 4.07. The van der Waals surface area contributed by atoms with E-state index < -0.39 is 0 Å². The van der Waals surface area contributed by atoms with Gasteiger partial charge in [0.2, 0.25) is 0 Å². The molecule has 42 heavy (non-hydrogen) atoms. The predicted molar refractivity (Wildman–Crippen MR) is 167 cm³/mol. The van der Waals surface area contributed by atoms with Crippen LogP contribution in [0.15, 0.2) is 116 Å². The van der Waals surface area contributed by atoms with Gasteiger partial charge in [0.1, 0.15) is 0 Å². The Bertz CT molecular complexity index is 2120. The minimum atomic E-state index is 0. The fraction of sp³-hybridized carbons (Fsp3) is 0.0556. The van der Waals surface area contributed by atoms with Gasteiger partial charge < -0.3 is 18.9 Å². The van der Waals surface area contributed by atoms with Crippen LogP contribution in [0, 0.1) is 18.8 Å². The molecule has 0 spiro atoms. The molecular formula is C36H26N5Pt-3. The second-order valence-electron chi connectivity index (χ2n) is 10.4. The van der Waals surface area contributed by atoms with Gasteiger partial charge in [0.05, 0.1) is 16.9 Å².